The number of para-hydroxylation sites is 1. The third-order valence-corrected chi connectivity index (χ3v) is 4.49. The second-order valence-corrected chi connectivity index (χ2v) is 6.70. The molecule has 1 amide bonds. The van der Waals surface area contributed by atoms with E-state index in [-0.39, 0.29) is 5.91 Å². The maximum Gasteiger partial charge on any atom is 0.253 e. The summed E-state index contributed by atoms with van der Waals surface area (Å²) in [6.45, 7) is 2.92. The van der Waals surface area contributed by atoms with Crippen molar-refractivity contribution in [2.24, 2.45) is 0 Å². The zero-order valence-electron chi connectivity index (χ0n) is 13.6. The average Bonchev–Trinajstić information content (AvgIpc) is 2.56. The molecule has 0 aliphatic rings. The van der Waals surface area contributed by atoms with Crippen LogP contribution in [0, 0.1) is 6.92 Å². The summed E-state index contributed by atoms with van der Waals surface area (Å²) in [5.41, 5.74) is 1.65. The molecule has 0 aromatic heterocycles. The number of benzene rings is 2. The molecular formula is C18H21NO3S. The van der Waals surface area contributed by atoms with Crippen molar-refractivity contribution in [3.63, 3.8) is 0 Å². The summed E-state index contributed by atoms with van der Waals surface area (Å²) in [6, 6.07) is 14.7. The van der Waals surface area contributed by atoms with Crippen molar-refractivity contribution in [1.82, 2.24) is 4.90 Å². The van der Waals surface area contributed by atoms with Crippen molar-refractivity contribution >= 4 is 16.7 Å². The first-order valence-electron chi connectivity index (χ1n) is 7.36. The lowest BCUT2D eigenvalue weighted by molar-refractivity contribution is 0.0773. The van der Waals surface area contributed by atoms with E-state index in [4.69, 9.17) is 4.74 Å². The van der Waals surface area contributed by atoms with Crippen LogP contribution in [0.2, 0.25) is 0 Å². The van der Waals surface area contributed by atoms with E-state index >= 15 is 0 Å². The van der Waals surface area contributed by atoms with Crippen LogP contribution < -0.4 is 4.74 Å². The SMILES string of the molecule is Cc1ccccc1OCCN(C)C(=O)c1ccc(S(C)=O)cc1. The molecule has 0 fully saturated rings. The molecule has 0 N–H and O–H groups in total. The van der Waals surface area contributed by atoms with Crippen molar-refractivity contribution < 1.29 is 13.7 Å². The quantitative estimate of drug-likeness (QED) is 0.818. The number of rotatable bonds is 6. The Bertz CT molecular complexity index is 698. The van der Waals surface area contributed by atoms with E-state index in [2.05, 4.69) is 0 Å². The van der Waals surface area contributed by atoms with Gasteiger partial charge < -0.3 is 9.64 Å². The van der Waals surface area contributed by atoms with Crippen LogP contribution in [0.25, 0.3) is 0 Å². The number of carbonyl (C=O) groups is 1. The normalized spacial score (nSPS) is 11.8. The summed E-state index contributed by atoms with van der Waals surface area (Å²) in [5.74, 6) is 0.759. The van der Waals surface area contributed by atoms with Crippen LogP contribution in [0.1, 0.15) is 15.9 Å². The highest BCUT2D eigenvalue weighted by molar-refractivity contribution is 7.84. The van der Waals surface area contributed by atoms with Crippen LogP contribution in [0.15, 0.2) is 53.4 Å². The molecule has 1 unspecified atom stereocenters. The molecule has 0 radical (unpaired) electrons. The Kier molecular flexibility index (Phi) is 5.93. The summed E-state index contributed by atoms with van der Waals surface area (Å²) in [4.78, 5) is 14.7. The Morgan fingerprint density at radius 3 is 2.39 bits per heavy atom. The summed E-state index contributed by atoms with van der Waals surface area (Å²) >= 11 is 0. The van der Waals surface area contributed by atoms with Crippen molar-refractivity contribution in [1.29, 1.82) is 0 Å². The molecule has 1 atom stereocenters. The summed E-state index contributed by atoms with van der Waals surface area (Å²) in [6.07, 6.45) is 1.62. The summed E-state index contributed by atoms with van der Waals surface area (Å²) < 4.78 is 17.1. The summed E-state index contributed by atoms with van der Waals surface area (Å²) in [5, 5.41) is 0. The van der Waals surface area contributed by atoms with Crippen molar-refractivity contribution in [3.05, 3.63) is 59.7 Å². The first kappa shape index (κ1) is 17.2. The highest BCUT2D eigenvalue weighted by Gasteiger charge is 2.12. The number of hydrogen-bond donors (Lipinski definition) is 0. The monoisotopic (exact) mass is 331 g/mol. The Hall–Kier alpha value is -2.14. The zero-order valence-corrected chi connectivity index (χ0v) is 14.4. The van der Waals surface area contributed by atoms with Gasteiger partial charge in [0.1, 0.15) is 12.4 Å². The zero-order chi connectivity index (χ0) is 16.8. The molecule has 0 bridgehead atoms. The van der Waals surface area contributed by atoms with E-state index in [1.54, 1.807) is 42.5 Å². The molecule has 0 saturated heterocycles. The Morgan fingerprint density at radius 2 is 1.78 bits per heavy atom. The highest BCUT2D eigenvalue weighted by atomic mass is 32.2. The van der Waals surface area contributed by atoms with Crippen molar-refractivity contribution in [3.8, 4) is 5.75 Å². The predicted octanol–water partition coefficient (Wildman–Crippen LogP) is 2.88. The van der Waals surface area contributed by atoms with Gasteiger partial charge in [0.05, 0.1) is 6.54 Å². The first-order valence-corrected chi connectivity index (χ1v) is 8.92. The second-order valence-electron chi connectivity index (χ2n) is 5.32. The third-order valence-electron chi connectivity index (χ3n) is 3.56. The molecule has 122 valence electrons. The van der Waals surface area contributed by atoms with Crippen LogP contribution in [0.5, 0.6) is 5.75 Å². The van der Waals surface area contributed by atoms with Crippen LogP contribution in [-0.2, 0) is 10.8 Å². The number of hydrogen-bond acceptors (Lipinski definition) is 3. The van der Waals surface area contributed by atoms with E-state index in [0.29, 0.717) is 23.6 Å². The molecule has 2 aromatic carbocycles. The van der Waals surface area contributed by atoms with Gasteiger partial charge in [0.25, 0.3) is 5.91 Å². The fourth-order valence-electron chi connectivity index (χ4n) is 2.12. The van der Waals surface area contributed by atoms with Crippen LogP contribution >= 0.6 is 0 Å². The van der Waals surface area contributed by atoms with E-state index in [1.165, 1.54) is 0 Å². The Morgan fingerprint density at radius 1 is 1.13 bits per heavy atom. The standard InChI is InChI=1S/C18H21NO3S/c1-14-6-4-5-7-17(14)22-13-12-19(2)18(20)15-8-10-16(11-9-15)23(3)21/h4-11H,12-13H2,1-3H3. The Balaban J connectivity index is 1.90. The number of carbonyl (C=O) groups excluding carboxylic acids is 1. The van der Waals surface area contributed by atoms with Gasteiger partial charge in [0.15, 0.2) is 0 Å². The van der Waals surface area contributed by atoms with Gasteiger partial charge in [0.2, 0.25) is 0 Å². The van der Waals surface area contributed by atoms with Crippen molar-refractivity contribution in [2.75, 3.05) is 26.5 Å². The number of aryl methyl sites for hydroxylation is 1. The van der Waals surface area contributed by atoms with Gasteiger partial charge in [-0.3, -0.25) is 9.00 Å². The number of ether oxygens (including phenoxy) is 1. The molecule has 23 heavy (non-hydrogen) atoms. The second kappa shape index (κ2) is 7.92. The fraction of sp³-hybridized carbons (Fsp3) is 0.278. The molecule has 2 aromatic rings. The molecule has 0 saturated carbocycles. The lowest BCUT2D eigenvalue weighted by Gasteiger charge is -2.18. The van der Waals surface area contributed by atoms with Gasteiger partial charge in [-0.25, -0.2) is 0 Å². The third kappa shape index (κ3) is 4.66. The summed E-state index contributed by atoms with van der Waals surface area (Å²) in [7, 11) is 0.711. The molecule has 0 spiro atoms. The minimum atomic E-state index is -1.03. The first-order chi connectivity index (χ1) is 11.0. The van der Waals surface area contributed by atoms with E-state index in [0.717, 1.165) is 11.3 Å². The molecule has 5 heteroatoms. The lowest BCUT2D eigenvalue weighted by Crippen LogP contribution is -2.30. The number of amides is 1. The van der Waals surface area contributed by atoms with Gasteiger partial charge in [0, 0.05) is 34.6 Å². The Labute approximate surface area is 139 Å². The van der Waals surface area contributed by atoms with Crippen LogP contribution in [-0.4, -0.2) is 41.5 Å². The maximum absolute atomic E-state index is 12.3. The van der Waals surface area contributed by atoms with Crippen LogP contribution in [0.4, 0.5) is 0 Å². The molecular weight excluding hydrogens is 310 g/mol. The van der Waals surface area contributed by atoms with Gasteiger partial charge in [-0.2, -0.15) is 0 Å². The maximum atomic E-state index is 12.3. The lowest BCUT2D eigenvalue weighted by atomic mass is 10.2. The largest absolute Gasteiger partial charge is 0.491 e. The fourth-order valence-corrected chi connectivity index (χ4v) is 2.64. The minimum Gasteiger partial charge on any atom is -0.491 e. The van der Waals surface area contributed by atoms with E-state index in [1.807, 2.05) is 31.2 Å². The van der Waals surface area contributed by atoms with Gasteiger partial charge in [-0.1, -0.05) is 18.2 Å². The number of nitrogens with zero attached hydrogens (tertiary/aromatic N) is 1. The molecule has 0 aliphatic heterocycles. The van der Waals surface area contributed by atoms with E-state index < -0.39 is 10.8 Å². The van der Waals surface area contributed by atoms with Gasteiger partial charge >= 0.3 is 0 Å². The number of likely N-dealkylation sites (N-methyl/N-ethyl adjacent to an activating group) is 1. The van der Waals surface area contributed by atoms with Crippen molar-refractivity contribution in [2.45, 2.75) is 11.8 Å². The van der Waals surface area contributed by atoms with Gasteiger partial charge in [-0.15, -0.1) is 0 Å². The van der Waals surface area contributed by atoms with Gasteiger partial charge in [-0.05, 0) is 42.8 Å². The minimum absolute atomic E-state index is 0.0770. The molecule has 0 heterocycles. The topological polar surface area (TPSA) is 46.6 Å². The van der Waals surface area contributed by atoms with E-state index in [9.17, 15) is 9.00 Å². The van der Waals surface area contributed by atoms with Crippen LogP contribution in [0.3, 0.4) is 0 Å². The highest BCUT2D eigenvalue weighted by Crippen LogP contribution is 2.16. The molecule has 0 aliphatic carbocycles. The molecule has 2 rings (SSSR count). The average molecular weight is 331 g/mol. The smallest absolute Gasteiger partial charge is 0.253 e. The molecule has 4 nitrogen and oxygen atoms in total. The predicted molar refractivity (Wildman–Crippen MR) is 92.4 cm³/mol.